The first-order valence-electron chi connectivity index (χ1n) is 6.70. The van der Waals surface area contributed by atoms with Crippen LogP contribution in [-0.4, -0.2) is 30.2 Å². The zero-order valence-electron chi connectivity index (χ0n) is 11.3. The smallest absolute Gasteiger partial charge is 0.334 e. The number of nitrogens with zero attached hydrogens (tertiary/aromatic N) is 1. The highest BCUT2D eigenvalue weighted by Gasteiger charge is 2.42. The Bertz CT molecular complexity index is 487. The molecule has 1 aromatic rings. The van der Waals surface area contributed by atoms with E-state index in [1.807, 2.05) is 0 Å². The van der Waals surface area contributed by atoms with Crippen LogP contribution in [0.5, 0.6) is 0 Å². The van der Waals surface area contributed by atoms with Gasteiger partial charge in [0.1, 0.15) is 5.82 Å². The minimum Gasteiger partial charge on any atom is -0.334 e. The second-order valence-electron chi connectivity index (χ2n) is 5.11. The molecule has 7 heteroatoms. The SMILES string of the molecule is O=C(NCc1ccc(F)cc1)N1CCC[C@H](C(F)(F)F)C1. The van der Waals surface area contributed by atoms with Gasteiger partial charge in [-0.15, -0.1) is 0 Å². The Balaban J connectivity index is 1.86. The van der Waals surface area contributed by atoms with Crippen LogP contribution in [0.25, 0.3) is 0 Å². The molecule has 2 amide bonds. The predicted molar refractivity (Wildman–Crippen MR) is 69.0 cm³/mol. The molecule has 1 heterocycles. The molecular weight excluding hydrogens is 288 g/mol. The van der Waals surface area contributed by atoms with E-state index in [4.69, 9.17) is 0 Å². The molecule has 116 valence electrons. The number of hydrogen-bond donors (Lipinski definition) is 1. The molecule has 21 heavy (non-hydrogen) atoms. The molecule has 0 spiro atoms. The maximum Gasteiger partial charge on any atom is 0.393 e. The number of halogens is 4. The summed E-state index contributed by atoms with van der Waals surface area (Å²) in [4.78, 5) is 13.1. The van der Waals surface area contributed by atoms with Crippen molar-refractivity contribution >= 4 is 6.03 Å². The Morgan fingerprint density at radius 2 is 1.95 bits per heavy atom. The molecule has 1 saturated heterocycles. The molecule has 0 aromatic heterocycles. The van der Waals surface area contributed by atoms with Crippen molar-refractivity contribution in [1.29, 1.82) is 0 Å². The average Bonchev–Trinajstić information content (AvgIpc) is 2.45. The molecule has 3 nitrogen and oxygen atoms in total. The zero-order chi connectivity index (χ0) is 15.5. The largest absolute Gasteiger partial charge is 0.393 e. The van der Waals surface area contributed by atoms with Gasteiger partial charge in [-0.3, -0.25) is 0 Å². The Labute approximate surface area is 119 Å². The molecule has 0 unspecified atom stereocenters. The van der Waals surface area contributed by atoms with Crippen LogP contribution in [0.4, 0.5) is 22.4 Å². The summed E-state index contributed by atoms with van der Waals surface area (Å²) < 4.78 is 50.7. The molecule has 1 aliphatic heterocycles. The summed E-state index contributed by atoms with van der Waals surface area (Å²) in [6.07, 6.45) is -3.87. The van der Waals surface area contributed by atoms with Crippen molar-refractivity contribution in [2.24, 2.45) is 5.92 Å². The third-order valence-corrected chi connectivity index (χ3v) is 3.53. The van der Waals surface area contributed by atoms with Crippen LogP contribution in [0, 0.1) is 11.7 Å². The van der Waals surface area contributed by atoms with E-state index in [0.29, 0.717) is 18.5 Å². The molecule has 1 aromatic carbocycles. The summed E-state index contributed by atoms with van der Waals surface area (Å²) in [5.74, 6) is -1.84. The Kier molecular flexibility index (Phi) is 4.69. The van der Waals surface area contributed by atoms with Gasteiger partial charge in [0.15, 0.2) is 0 Å². The topological polar surface area (TPSA) is 32.3 Å². The monoisotopic (exact) mass is 304 g/mol. The number of carbonyl (C=O) groups is 1. The highest BCUT2D eigenvalue weighted by molar-refractivity contribution is 5.74. The summed E-state index contributed by atoms with van der Waals surface area (Å²) in [5.41, 5.74) is 0.689. The fourth-order valence-corrected chi connectivity index (χ4v) is 2.32. The predicted octanol–water partition coefficient (Wildman–Crippen LogP) is 3.31. The third kappa shape index (κ3) is 4.34. The van der Waals surface area contributed by atoms with Crippen LogP contribution in [-0.2, 0) is 6.54 Å². The number of rotatable bonds is 2. The number of carbonyl (C=O) groups excluding carboxylic acids is 1. The van der Waals surface area contributed by atoms with Crippen LogP contribution >= 0.6 is 0 Å². The van der Waals surface area contributed by atoms with Gasteiger partial charge in [-0.05, 0) is 30.5 Å². The van der Waals surface area contributed by atoms with Crippen molar-refractivity contribution < 1.29 is 22.4 Å². The fraction of sp³-hybridized carbons (Fsp3) is 0.500. The maximum atomic E-state index is 12.7. The van der Waals surface area contributed by atoms with Crippen molar-refractivity contribution in [3.8, 4) is 0 Å². The first-order chi connectivity index (χ1) is 9.86. The number of nitrogens with one attached hydrogen (secondary N) is 1. The average molecular weight is 304 g/mol. The van der Waals surface area contributed by atoms with Gasteiger partial charge < -0.3 is 10.2 Å². The normalized spacial score (nSPS) is 19.4. The van der Waals surface area contributed by atoms with E-state index in [9.17, 15) is 22.4 Å². The van der Waals surface area contributed by atoms with E-state index >= 15 is 0 Å². The van der Waals surface area contributed by atoms with Gasteiger partial charge in [-0.25, -0.2) is 9.18 Å². The van der Waals surface area contributed by atoms with Gasteiger partial charge in [0.25, 0.3) is 0 Å². The van der Waals surface area contributed by atoms with Crippen LogP contribution in [0.2, 0.25) is 0 Å². The lowest BCUT2D eigenvalue weighted by atomic mass is 9.98. The molecule has 0 radical (unpaired) electrons. The van der Waals surface area contributed by atoms with Gasteiger partial charge in [-0.1, -0.05) is 12.1 Å². The standard InChI is InChI=1S/C14H16F4N2O/c15-12-5-3-10(4-6-12)8-19-13(21)20-7-1-2-11(9-20)14(16,17)18/h3-6,11H,1-2,7-9H2,(H,19,21)/t11-/m0/s1. The van der Waals surface area contributed by atoms with Gasteiger partial charge >= 0.3 is 12.2 Å². The van der Waals surface area contributed by atoms with Crippen LogP contribution < -0.4 is 5.32 Å². The summed E-state index contributed by atoms with van der Waals surface area (Å²) >= 11 is 0. The van der Waals surface area contributed by atoms with Crippen LogP contribution in [0.1, 0.15) is 18.4 Å². The van der Waals surface area contributed by atoms with E-state index in [0.717, 1.165) is 0 Å². The summed E-state index contributed by atoms with van der Waals surface area (Å²) in [5, 5.41) is 2.56. The van der Waals surface area contributed by atoms with E-state index in [2.05, 4.69) is 5.32 Å². The number of urea groups is 1. The van der Waals surface area contributed by atoms with Gasteiger partial charge in [0, 0.05) is 19.6 Å². The molecule has 1 atom stereocenters. The highest BCUT2D eigenvalue weighted by atomic mass is 19.4. The minimum absolute atomic E-state index is 0.0608. The summed E-state index contributed by atoms with van der Waals surface area (Å²) in [7, 11) is 0. The molecule has 1 N–H and O–H groups in total. The second kappa shape index (κ2) is 6.32. The number of piperidine rings is 1. The quantitative estimate of drug-likeness (QED) is 0.835. The Morgan fingerprint density at radius 3 is 2.57 bits per heavy atom. The van der Waals surface area contributed by atoms with E-state index in [1.54, 1.807) is 0 Å². The number of likely N-dealkylation sites (tertiary alicyclic amines) is 1. The third-order valence-electron chi connectivity index (χ3n) is 3.53. The number of benzene rings is 1. The lowest BCUT2D eigenvalue weighted by Crippen LogP contribution is -2.48. The first kappa shape index (κ1) is 15.6. The molecule has 1 aliphatic rings. The van der Waals surface area contributed by atoms with E-state index in [-0.39, 0.29) is 25.3 Å². The van der Waals surface area contributed by atoms with Gasteiger partial charge in [0.2, 0.25) is 0 Å². The van der Waals surface area contributed by atoms with Crippen molar-refractivity contribution in [2.45, 2.75) is 25.6 Å². The Morgan fingerprint density at radius 1 is 1.29 bits per heavy atom. The molecule has 0 saturated carbocycles. The Hall–Kier alpha value is -1.79. The van der Waals surface area contributed by atoms with Crippen LogP contribution in [0.3, 0.4) is 0 Å². The molecule has 0 aliphatic carbocycles. The highest BCUT2D eigenvalue weighted by Crippen LogP contribution is 2.33. The summed E-state index contributed by atoms with van der Waals surface area (Å²) in [6, 6.07) is 5.05. The van der Waals surface area contributed by atoms with Crippen molar-refractivity contribution in [2.75, 3.05) is 13.1 Å². The van der Waals surface area contributed by atoms with Crippen molar-refractivity contribution in [3.63, 3.8) is 0 Å². The first-order valence-corrected chi connectivity index (χ1v) is 6.70. The van der Waals surface area contributed by atoms with Crippen molar-refractivity contribution in [1.82, 2.24) is 10.2 Å². The number of hydrogen-bond acceptors (Lipinski definition) is 1. The van der Waals surface area contributed by atoms with Gasteiger partial charge in [-0.2, -0.15) is 13.2 Å². The molecule has 2 rings (SSSR count). The second-order valence-corrected chi connectivity index (χ2v) is 5.11. The molecule has 0 bridgehead atoms. The van der Waals surface area contributed by atoms with Gasteiger partial charge in [0.05, 0.1) is 5.92 Å². The maximum absolute atomic E-state index is 12.7. The lowest BCUT2D eigenvalue weighted by Gasteiger charge is -2.33. The van der Waals surface area contributed by atoms with E-state index < -0.39 is 18.1 Å². The van der Waals surface area contributed by atoms with Crippen molar-refractivity contribution in [3.05, 3.63) is 35.6 Å². The number of amides is 2. The molecular formula is C14H16F4N2O. The zero-order valence-corrected chi connectivity index (χ0v) is 11.3. The van der Waals surface area contributed by atoms with Crippen LogP contribution in [0.15, 0.2) is 24.3 Å². The summed E-state index contributed by atoms with van der Waals surface area (Å²) in [6.45, 7) is 0.173. The van der Waals surface area contributed by atoms with E-state index in [1.165, 1.54) is 29.2 Å². The lowest BCUT2D eigenvalue weighted by molar-refractivity contribution is -0.184. The number of alkyl halides is 3. The minimum atomic E-state index is -4.27. The molecule has 1 fully saturated rings. The fourth-order valence-electron chi connectivity index (χ4n) is 2.32.